The van der Waals surface area contributed by atoms with E-state index in [9.17, 15) is 0 Å². The molecule has 0 amide bonds. The number of nitrogens with two attached hydrogens (primary N) is 1. The Hall–Kier alpha value is -0.620. The molecular formula is C8H14N2O2S. The molecule has 0 saturated heterocycles. The molecule has 13 heavy (non-hydrogen) atoms. The van der Waals surface area contributed by atoms with Gasteiger partial charge in [0.1, 0.15) is 0 Å². The van der Waals surface area contributed by atoms with Crippen molar-refractivity contribution in [3.05, 3.63) is 16.3 Å². The zero-order chi connectivity index (χ0) is 9.68. The second-order valence-corrected chi connectivity index (χ2v) is 3.74. The molecule has 4 nitrogen and oxygen atoms in total. The van der Waals surface area contributed by atoms with E-state index in [1.165, 1.54) is 0 Å². The average Bonchev–Trinajstić information content (AvgIpc) is 2.54. The minimum absolute atomic E-state index is 0.0677. The van der Waals surface area contributed by atoms with Gasteiger partial charge in [0.05, 0.1) is 19.3 Å². The summed E-state index contributed by atoms with van der Waals surface area (Å²) in [5.41, 5.74) is 6.41. The first-order valence-electron chi connectivity index (χ1n) is 4.05. The summed E-state index contributed by atoms with van der Waals surface area (Å²) in [7, 11) is 0. The number of nitrogen functional groups attached to an aromatic ring is 1. The number of hydrogen-bond donors (Lipinski definition) is 4. The SMILES string of the molecule is Nc1ccsc1CNC(CO)CO. The molecule has 0 aromatic carbocycles. The van der Waals surface area contributed by atoms with Crippen molar-refractivity contribution in [1.82, 2.24) is 5.32 Å². The van der Waals surface area contributed by atoms with E-state index in [2.05, 4.69) is 5.32 Å². The van der Waals surface area contributed by atoms with E-state index in [0.29, 0.717) is 6.54 Å². The highest BCUT2D eigenvalue weighted by Crippen LogP contribution is 2.18. The van der Waals surface area contributed by atoms with Gasteiger partial charge in [-0.2, -0.15) is 0 Å². The third-order valence-electron chi connectivity index (χ3n) is 1.77. The molecule has 0 aliphatic carbocycles. The van der Waals surface area contributed by atoms with Gasteiger partial charge in [-0.25, -0.2) is 0 Å². The van der Waals surface area contributed by atoms with Crippen molar-refractivity contribution in [3.63, 3.8) is 0 Å². The zero-order valence-electron chi connectivity index (χ0n) is 7.23. The van der Waals surface area contributed by atoms with Gasteiger partial charge in [0.2, 0.25) is 0 Å². The number of anilines is 1. The molecule has 5 heteroatoms. The van der Waals surface area contributed by atoms with Gasteiger partial charge in [0.15, 0.2) is 0 Å². The lowest BCUT2D eigenvalue weighted by molar-refractivity contribution is 0.170. The van der Waals surface area contributed by atoms with Gasteiger partial charge in [-0.15, -0.1) is 11.3 Å². The van der Waals surface area contributed by atoms with Crippen LogP contribution >= 0.6 is 11.3 Å². The summed E-state index contributed by atoms with van der Waals surface area (Å²) in [6.07, 6.45) is 0. The van der Waals surface area contributed by atoms with Gasteiger partial charge in [-0.1, -0.05) is 0 Å². The van der Waals surface area contributed by atoms with Gasteiger partial charge in [-0.05, 0) is 11.4 Å². The summed E-state index contributed by atoms with van der Waals surface area (Å²) in [6.45, 7) is 0.457. The van der Waals surface area contributed by atoms with Crippen molar-refractivity contribution in [2.75, 3.05) is 18.9 Å². The van der Waals surface area contributed by atoms with Crippen molar-refractivity contribution in [2.45, 2.75) is 12.6 Å². The van der Waals surface area contributed by atoms with Crippen molar-refractivity contribution in [2.24, 2.45) is 0 Å². The second-order valence-electron chi connectivity index (χ2n) is 2.74. The van der Waals surface area contributed by atoms with Crippen LogP contribution in [0.2, 0.25) is 0 Å². The fourth-order valence-electron chi connectivity index (χ4n) is 0.918. The largest absolute Gasteiger partial charge is 0.398 e. The average molecular weight is 202 g/mol. The molecule has 0 unspecified atom stereocenters. The molecule has 0 spiro atoms. The summed E-state index contributed by atoms with van der Waals surface area (Å²) in [5.74, 6) is 0. The van der Waals surface area contributed by atoms with Crippen LogP contribution in [0.5, 0.6) is 0 Å². The number of nitrogens with one attached hydrogen (secondary N) is 1. The van der Waals surface area contributed by atoms with Crippen LogP contribution in [-0.4, -0.2) is 29.5 Å². The Bertz CT molecular complexity index is 248. The van der Waals surface area contributed by atoms with Crippen LogP contribution in [0.1, 0.15) is 4.88 Å². The van der Waals surface area contributed by atoms with Crippen molar-refractivity contribution >= 4 is 17.0 Å². The van der Waals surface area contributed by atoms with Gasteiger partial charge in [0.25, 0.3) is 0 Å². The molecule has 0 aliphatic heterocycles. The molecule has 0 saturated carbocycles. The minimum atomic E-state index is -0.263. The van der Waals surface area contributed by atoms with Crippen molar-refractivity contribution in [1.29, 1.82) is 0 Å². The first kappa shape index (κ1) is 10.5. The van der Waals surface area contributed by atoms with Gasteiger partial charge >= 0.3 is 0 Å². The lowest BCUT2D eigenvalue weighted by Gasteiger charge is -2.12. The molecular weight excluding hydrogens is 188 g/mol. The first-order chi connectivity index (χ1) is 6.27. The zero-order valence-corrected chi connectivity index (χ0v) is 8.05. The minimum Gasteiger partial charge on any atom is -0.398 e. The third kappa shape index (κ3) is 2.96. The number of aliphatic hydroxyl groups excluding tert-OH is 2. The molecule has 5 N–H and O–H groups in total. The fourth-order valence-corrected chi connectivity index (χ4v) is 1.67. The van der Waals surface area contributed by atoms with E-state index in [4.69, 9.17) is 15.9 Å². The van der Waals surface area contributed by atoms with E-state index in [-0.39, 0.29) is 19.3 Å². The Morgan fingerprint density at radius 3 is 2.62 bits per heavy atom. The van der Waals surface area contributed by atoms with Crippen LogP contribution in [0, 0.1) is 0 Å². The topological polar surface area (TPSA) is 78.5 Å². The Balaban J connectivity index is 2.38. The van der Waals surface area contributed by atoms with Gasteiger partial charge in [0, 0.05) is 17.1 Å². The lowest BCUT2D eigenvalue weighted by Crippen LogP contribution is -2.35. The molecule has 0 aliphatic rings. The Kier molecular flexibility index (Phi) is 4.17. The second kappa shape index (κ2) is 5.18. The number of thiophene rings is 1. The predicted molar refractivity (Wildman–Crippen MR) is 53.5 cm³/mol. The lowest BCUT2D eigenvalue weighted by atomic mass is 10.3. The van der Waals surface area contributed by atoms with E-state index in [0.717, 1.165) is 10.6 Å². The maximum atomic E-state index is 8.77. The summed E-state index contributed by atoms with van der Waals surface area (Å²) < 4.78 is 0. The number of rotatable bonds is 5. The molecule has 74 valence electrons. The van der Waals surface area contributed by atoms with E-state index < -0.39 is 0 Å². The highest BCUT2D eigenvalue weighted by Gasteiger charge is 2.06. The maximum absolute atomic E-state index is 8.77. The van der Waals surface area contributed by atoms with Crippen LogP contribution in [0.15, 0.2) is 11.4 Å². The highest BCUT2D eigenvalue weighted by molar-refractivity contribution is 7.10. The maximum Gasteiger partial charge on any atom is 0.0607 e. The van der Waals surface area contributed by atoms with Crippen LogP contribution < -0.4 is 11.1 Å². The number of aliphatic hydroxyl groups is 2. The molecule has 0 fully saturated rings. The molecule has 1 aromatic rings. The Labute approximate surface area is 81.0 Å². The van der Waals surface area contributed by atoms with E-state index >= 15 is 0 Å². The van der Waals surface area contributed by atoms with E-state index in [1.54, 1.807) is 11.3 Å². The normalized spacial score (nSPS) is 11.0. The molecule has 1 aromatic heterocycles. The van der Waals surface area contributed by atoms with Crippen LogP contribution in [0.3, 0.4) is 0 Å². The van der Waals surface area contributed by atoms with Crippen molar-refractivity contribution < 1.29 is 10.2 Å². The molecule has 0 bridgehead atoms. The van der Waals surface area contributed by atoms with Crippen molar-refractivity contribution in [3.8, 4) is 0 Å². The third-order valence-corrected chi connectivity index (χ3v) is 2.71. The van der Waals surface area contributed by atoms with E-state index in [1.807, 2.05) is 11.4 Å². The smallest absolute Gasteiger partial charge is 0.0607 e. The number of hydrogen-bond acceptors (Lipinski definition) is 5. The molecule has 0 atom stereocenters. The molecule has 1 rings (SSSR count). The summed E-state index contributed by atoms with van der Waals surface area (Å²) in [5, 5.41) is 22.5. The quantitative estimate of drug-likeness (QED) is 0.532. The van der Waals surface area contributed by atoms with Gasteiger partial charge < -0.3 is 21.3 Å². The monoisotopic (exact) mass is 202 g/mol. The predicted octanol–water partition coefficient (Wildman–Crippen LogP) is -0.227. The summed E-state index contributed by atoms with van der Waals surface area (Å²) in [6, 6.07) is 1.58. The summed E-state index contributed by atoms with van der Waals surface area (Å²) >= 11 is 1.56. The standard InChI is InChI=1S/C8H14N2O2S/c9-7-1-2-13-8(7)3-10-6(4-11)5-12/h1-2,6,10-12H,3-5,9H2. The Morgan fingerprint density at radius 2 is 2.15 bits per heavy atom. The van der Waals surface area contributed by atoms with Crippen LogP contribution in [0.25, 0.3) is 0 Å². The highest BCUT2D eigenvalue weighted by atomic mass is 32.1. The molecule has 0 radical (unpaired) electrons. The summed E-state index contributed by atoms with van der Waals surface area (Å²) in [4.78, 5) is 1.03. The fraction of sp³-hybridized carbons (Fsp3) is 0.500. The first-order valence-corrected chi connectivity index (χ1v) is 4.92. The Morgan fingerprint density at radius 1 is 1.46 bits per heavy atom. The van der Waals surface area contributed by atoms with Gasteiger partial charge in [-0.3, -0.25) is 0 Å². The van der Waals surface area contributed by atoms with Crippen LogP contribution in [-0.2, 0) is 6.54 Å². The molecule has 1 heterocycles. The van der Waals surface area contributed by atoms with Crippen LogP contribution in [0.4, 0.5) is 5.69 Å².